The molecule has 0 amide bonds. The van der Waals surface area contributed by atoms with Crippen molar-refractivity contribution in [3.8, 4) is 0 Å². The van der Waals surface area contributed by atoms with E-state index in [9.17, 15) is 4.79 Å². The molecule has 0 saturated carbocycles. The number of rotatable bonds is 7. The van der Waals surface area contributed by atoms with Crippen molar-refractivity contribution in [3.63, 3.8) is 0 Å². The average molecular weight is 340 g/mol. The highest BCUT2D eigenvalue weighted by molar-refractivity contribution is 5.91. The van der Waals surface area contributed by atoms with Crippen LogP contribution in [0.15, 0.2) is 42.7 Å². The summed E-state index contributed by atoms with van der Waals surface area (Å²) >= 11 is 0. The van der Waals surface area contributed by atoms with E-state index in [-0.39, 0.29) is 11.4 Å². The maximum atomic E-state index is 11.9. The fraction of sp³-hybridized carbons (Fsp3) is 0.429. The molecule has 0 fully saturated rings. The second-order valence-electron chi connectivity index (χ2n) is 7.14. The minimum Gasteiger partial charge on any atom is -0.463 e. The molecule has 0 atom stereocenters. The second-order valence-corrected chi connectivity index (χ2v) is 7.14. The molecule has 0 aliphatic heterocycles. The summed E-state index contributed by atoms with van der Waals surface area (Å²) < 4.78 is 5.09. The predicted molar refractivity (Wildman–Crippen MR) is 101 cm³/mol. The molecule has 1 aromatic heterocycles. The molecule has 0 saturated heterocycles. The molecular formula is C21H28N2O2. The standard InChI is InChI=1S/C21H28N2O2/c1-5-25-20(24)15-17(7-6-8-19-22-13-14-23-19)16-9-11-18(12-10-16)21(2,3)4/h9-15H,5-8H2,1-4H3,(H,22,23)/b17-15+. The van der Waals surface area contributed by atoms with Crippen LogP contribution in [0.2, 0.25) is 0 Å². The van der Waals surface area contributed by atoms with E-state index in [2.05, 4.69) is 55.0 Å². The zero-order valence-electron chi connectivity index (χ0n) is 15.6. The van der Waals surface area contributed by atoms with Crippen LogP contribution in [0.25, 0.3) is 5.57 Å². The summed E-state index contributed by atoms with van der Waals surface area (Å²) in [5.41, 5.74) is 3.47. The number of ether oxygens (including phenoxy) is 1. The normalized spacial score (nSPS) is 12.2. The highest BCUT2D eigenvalue weighted by Gasteiger charge is 2.14. The summed E-state index contributed by atoms with van der Waals surface area (Å²) in [6.45, 7) is 8.79. The molecule has 25 heavy (non-hydrogen) atoms. The lowest BCUT2D eigenvalue weighted by Gasteiger charge is -2.19. The fourth-order valence-electron chi connectivity index (χ4n) is 2.69. The Bertz CT molecular complexity index is 692. The number of aromatic amines is 1. The van der Waals surface area contributed by atoms with Gasteiger partial charge in [0, 0.05) is 24.9 Å². The Morgan fingerprint density at radius 2 is 1.96 bits per heavy atom. The maximum Gasteiger partial charge on any atom is 0.331 e. The third-order valence-electron chi connectivity index (χ3n) is 4.11. The van der Waals surface area contributed by atoms with Gasteiger partial charge in [-0.3, -0.25) is 0 Å². The lowest BCUT2D eigenvalue weighted by atomic mass is 9.86. The van der Waals surface area contributed by atoms with Gasteiger partial charge in [0.15, 0.2) is 0 Å². The second kappa shape index (κ2) is 8.65. The molecule has 1 N–H and O–H groups in total. The summed E-state index contributed by atoms with van der Waals surface area (Å²) in [4.78, 5) is 19.3. The van der Waals surface area contributed by atoms with Crippen LogP contribution in [-0.2, 0) is 21.4 Å². The molecule has 4 nitrogen and oxygen atoms in total. The van der Waals surface area contributed by atoms with Crippen LogP contribution in [0, 0.1) is 0 Å². The molecule has 134 valence electrons. The smallest absolute Gasteiger partial charge is 0.331 e. The molecule has 0 unspecified atom stereocenters. The van der Waals surface area contributed by atoms with E-state index in [0.29, 0.717) is 6.61 Å². The molecule has 0 aliphatic rings. The molecule has 0 aliphatic carbocycles. The molecule has 1 aromatic carbocycles. The lowest BCUT2D eigenvalue weighted by molar-refractivity contribution is -0.137. The van der Waals surface area contributed by atoms with Gasteiger partial charge in [-0.05, 0) is 41.9 Å². The molecular weight excluding hydrogens is 312 g/mol. The van der Waals surface area contributed by atoms with E-state index < -0.39 is 0 Å². The fourth-order valence-corrected chi connectivity index (χ4v) is 2.69. The van der Waals surface area contributed by atoms with Gasteiger partial charge in [0.2, 0.25) is 0 Å². The molecule has 0 radical (unpaired) electrons. The number of carbonyl (C=O) groups is 1. The van der Waals surface area contributed by atoms with Crippen LogP contribution in [0.5, 0.6) is 0 Å². The van der Waals surface area contributed by atoms with Crippen molar-refractivity contribution >= 4 is 11.5 Å². The molecule has 4 heteroatoms. The first-order valence-electron chi connectivity index (χ1n) is 8.86. The Balaban J connectivity index is 2.14. The van der Waals surface area contributed by atoms with Crippen molar-refractivity contribution in [2.24, 2.45) is 0 Å². The summed E-state index contributed by atoms with van der Waals surface area (Å²) in [7, 11) is 0. The van der Waals surface area contributed by atoms with E-state index in [1.165, 1.54) is 5.56 Å². The summed E-state index contributed by atoms with van der Waals surface area (Å²) in [5.74, 6) is 0.689. The first-order valence-corrected chi connectivity index (χ1v) is 8.86. The summed E-state index contributed by atoms with van der Waals surface area (Å²) in [6, 6.07) is 8.47. The number of benzene rings is 1. The number of aryl methyl sites for hydroxylation is 1. The number of imidazole rings is 1. The third-order valence-corrected chi connectivity index (χ3v) is 4.11. The van der Waals surface area contributed by atoms with Crippen LogP contribution < -0.4 is 0 Å². The number of H-pyrrole nitrogens is 1. The van der Waals surface area contributed by atoms with Crippen molar-refractivity contribution in [2.45, 2.75) is 52.4 Å². The number of aromatic nitrogens is 2. The van der Waals surface area contributed by atoms with Gasteiger partial charge < -0.3 is 9.72 Å². The average Bonchev–Trinajstić information content (AvgIpc) is 3.07. The quantitative estimate of drug-likeness (QED) is 0.588. The van der Waals surface area contributed by atoms with E-state index in [1.54, 1.807) is 12.3 Å². The summed E-state index contributed by atoms with van der Waals surface area (Å²) in [6.07, 6.45) is 7.78. The molecule has 0 bridgehead atoms. The third kappa shape index (κ3) is 5.89. The van der Waals surface area contributed by atoms with Crippen molar-refractivity contribution in [2.75, 3.05) is 6.61 Å². The largest absolute Gasteiger partial charge is 0.463 e. The molecule has 1 heterocycles. The van der Waals surface area contributed by atoms with Crippen LogP contribution >= 0.6 is 0 Å². The van der Waals surface area contributed by atoms with Gasteiger partial charge in [0.05, 0.1) is 6.61 Å². The van der Waals surface area contributed by atoms with Gasteiger partial charge in [-0.2, -0.15) is 0 Å². The van der Waals surface area contributed by atoms with Gasteiger partial charge in [-0.1, -0.05) is 45.0 Å². The van der Waals surface area contributed by atoms with E-state index in [4.69, 9.17) is 4.74 Å². The lowest BCUT2D eigenvalue weighted by Crippen LogP contribution is -2.10. The van der Waals surface area contributed by atoms with Crippen molar-refractivity contribution in [1.82, 2.24) is 9.97 Å². The Kier molecular flexibility index (Phi) is 6.57. The molecule has 2 aromatic rings. The van der Waals surface area contributed by atoms with Gasteiger partial charge in [-0.25, -0.2) is 9.78 Å². The number of hydrogen-bond donors (Lipinski definition) is 1. The number of nitrogens with one attached hydrogen (secondary N) is 1. The SMILES string of the molecule is CCOC(=O)/C=C(\CCCc1ncc[nH]1)c1ccc(C(C)(C)C)cc1. The Morgan fingerprint density at radius 3 is 2.52 bits per heavy atom. The van der Waals surface area contributed by atoms with Crippen LogP contribution in [0.3, 0.4) is 0 Å². The zero-order valence-corrected chi connectivity index (χ0v) is 15.6. The zero-order chi connectivity index (χ0) is 18.3. The van der Waals surface area contributed by atoms with Crippen LogP contribution in [0.1, 0.15) is 57.5 Å². The number of nitrogens with zero attached hydrogens (tertiary/aromatic N) is 1. The number of allylic oxidation sites excluding steroid dienone is 1. The predicted octanol–water partition coefficient (Wildman–Crippen LogP) is 4.68. The molecule has 0 spiro atoms. The van der Waals surface area contributed by atoms with E-state index in [1.807, 2.05) is 13.1 Å². The van der Waals surface area contributed by atoms with Gasteiger partial charge in [0.1, 0.15) is 5.82 Å². The van der Waals surface area contributed by atoms with E-state index >= 15 is 0 Å². The highest BCUT2D eigenvalue weighted by atomic mass is 16.5. The van der Waals surface area contributed by atoms with Crippen molar-refractivity contribution in [1.29, 1.82) is 0 Å². The Hall–Kier alpha value is -2.36. The first kappa shape index (κ1) is 19.0. The highest BCUT2D eigenvalue weighted by Crippen LogP contribution is 2.26. The topological polar surface area (TPSA) is 55.0 Å². The number of hydrogen-bond acceptors (Lipinski definition) is 3. The molecule has 2 rings (SSSR count). The minimum absolute atomic E-state index is 0.114. The van der Waals surface area contributed by atoms with E-state index in [0.717, 1.165) is 36.2 Å². The van der Waals surface area contributed by atoms with Gasteiger partial charge >= 0.3 is 5.97 Å². The monoisotopic (exact) mass is 340 g/mol. The number of carbonyl (C=O) groups excluding carboxylic acids is 1. The maximum absolute atomic E-state index is 11.9. The van der Waals surface area contributed by atoms with Crippen LogP contribution in [-0.4, -0.2) is 22.5 Å². The number of esters is 1. The minimum atomic E-state index is -0.282. The van der Waals surface area contributed by atoms with Crippen LogP contribution in [0.4, 0.5) is 0 Å². The van der Waals surface area contributed by atoms with Crippen molar-refractivity contribution in [3.05, 3.63) is 59.7 Å². The first-order chi connectivity index (χ1) is 11.9. The Labute approximate surface area is 150 Å². The van der Waals surface area contributed by atoms with Gasteiger partial charge in [-0.15, -0.1) is 0 Å². The van der Waals surface area contributed by atoms with Crippen molar-refractivity contribution < 1.29 is 9.53 Å². The summed E-state index contributed by atoms with van der Waals surface area (Å²) in [5, 5.41) is 0. The Morgan fingerprint density at radius 1 is 1.24 bits per heavy atom. The van der Waals surface area contributed by atoms with Gasteiger partial charge in [0.25, 0.3) is 0 Å².